The highest BCUT2D eigenvalue weighted by Crippen LogP contribution is 2.42. The van der Waals surface area contributed by atoms with E-state index in [-0.39, 0.29) is 28.7 Å². The van der Waals surface area contributed by atoms with Crippen molar-refractivity contribution >= 4 is 6.08 Å². The van der Waals surface area contributed by atoms with E-state index in [1.54, 1.807) is 19.1 Å². The largest absolute Gasteiger partial charge is 0.504 e. The number of aliphatic hydroxyl groups excluding tert-OH is 1. The van der Waals surface area contributed by atoms with Crippen molar-refractivity contribution in [2.24, 2.45) is 0 Å². The lowest BCUT2D eigenvalue weighted by Gasteiger charge is -2.23. The van der Waals surface area contributed by atoms with Crippen LogP contribution in [0.2, 0.25) is 0 Å². The zero-order valence-electron chi connectivity index (χ0n) is 16.6. The molecule has 0 aliphatic rings. The van der Waals surface area contributed by atoms with Crippen molar-refractivity contribution in [3.8, 4) is 34.5 Å². The lowest BCUT2D eigenvalue weighted by molar-refractivity contribution is 0.0432. The maximum atomic E-state index is 10.7. The van der Waals surface area contributed by atoms with Crippen molar-refractivity contribution < 1.29 is 34.3 Å². The number of allylic oxidation sites excluding steroid dienone is 1. The Morgan fingerprint density at radius 1 is 0.893 bits per heavy atom. The number of hydrogen-bond acceptors (Lipinski definition) is 7. The van der Waals surface area contributed by atoms with Gasteiger partial charge in [0.2, 0.25) is 11.5 Å². The third-order valence-corrected chi connectivity index (χ3v) is 4.23. The molecule has 0 bridgehead atoms. The molecule has 0 fully saturated rings. The molecular weight excluding hydrogens is 364 g/mol. The fourth-order valence-corrected chi connectivity index (χ4v) is 2.77. The lowest BCUT2D eigenvalue weighted by Crippen LogP contribution is -2.22. The molecule has 2 rings (SSSR count). The zero-order chi connectivity index (χ0) is 20.8. The van der Waals surface area contributed by atoms with Gasteiger partial charge in [-0.1, -0.05) is 12.2 Å². The highest BCUT2D eigenvalue weighted by molar-refractivity contribution is 5.61. The van der Waals surface area contributed by atoms with Crippen LogP contribution < -0.4 is 18.9 Å². The van der Waals surface area contributed by atoms with Crippen LogP contribution in [0.3, 0.4) is 0 Å². The summed E-state index contributed by atoms with van der Waals surface area (Å²) in [7, 11) is 4.28. The minimum absolute atomic E-state index is 0.104. The first-order chi connectivity index (χ1) is 13.4. The van der Waals surface area contributed by atoms with Crippen molar-refractivity contribution in [1.82, 2.24) is 0 Å². The Hall–Kier alpha value is -3.06. The van der Waals surface area contributed by atoms with Gasteiger partial charge in [0.05, 0.1) is 21.3 Å². The first-order valence-electron chi connectivity index (χ1n) is 8.69. The number of aliphatic hydroxyl groups is 1. The fraction of sp³-hybridized carbons (Fsp3) is 0.333. The van der Waals surface area contributed by atoms with Crippen molar-refractivity contribution in [2.45, 2.75) is 26.1 Å². The first-order valence-corrected chi connectivity index (χ1v) is 8.69. The van der Waals surface area contributed by atoms with Gasteiger partial charge in [0, 0.05) is 0 Å². The van der Waals surface area contributed by atoms with Gasteiger partial charge in [-0.3, -0.25) is 0 Å². The second-order valence-corrected chi connectivity index (χ2v) is 6.11. The summed E-state index contributed by atoms with van der Waals surface area (Å²) in [5.41, 5.74) is 1.17. The van der Waals surface area contributed by atoms with E-state index in [1.807, 2.05) is 19.1 Å². The molecule has 0 aliphatic heterocycles. The summed E-state index contributed by atoms with van der Waals surface area (Å²) in [6.07, 6.45) is 1.81. The summed E-state index contributed by atoms with van der Waals surface area (Å²) in [5.74, 6) is 0.530. The van der Waals surface area contributed by atoms with E-state index in [0.29, 0.717) is 11.3 Å². The Balaban J connectivity index is 2.34. The molecule has 2 aromatic carbocycles. The Labute approximate surface area is 164 Å². The first kappa shape index (κ1) is 21.2. The van der Waals surface area contributed by atoms with Crippen molar-refractivity contribution in [3.63, 3.8) is 0 Å². The standard InChI is InChI=1S/C21H26O7/c1-6-7-13-8-15(22)21(18(9-13)27-5)28-12(2)19(23)14-10-16(25-3)20(24)17(11-14)26-4/h6-12,19,22-24H,1-5H3. The highest BCUT2D eigenvalue weighted by Gasteiger charge is 2.24. The molecule has 0 saturated heterocycles. The maximum absolute atomic E-state index is 10.7. The molecular formula is C21H26O7. The predicted octanol–water partition coefficient (Wildman–Crippen LogP) is 3.66. The van der Waals surface area contributed by atoms with Crippen LogP contribution >= 0.6 is 0 Å². The van der Waals surface area contributed by atoms with Crippen LogP contribution in [0.15, 0.2) is 30.3 Å². The van der Waals surface area contributed by atoms with Crippen molar-refractivity contribution in [2.75, 3.05) is 21.3 Å². The second-order valence-electron chi connectivity index (χ2n) is 6.11. The van der Waals surface area contributed by atoms with E-state index < -0.39 is 12.2 Å². The Morgan fingerprint density at radius 3 is 1.96 bits per heavy atom. The number of rotatable bonds is 8. The van der Waals surface area contributed by atoms with Gasteiger partial charge in [-0.25, -0.2) is 0 Å². The summed E-state index contributed by atoms with van der Waals surface area (Å²) in [6.45, 7) is 3.52. The number of phenolic OH excluding ortho intramolecular Hbond substituents is 2. The molecule has 152 valence electrons. The third kappa shape index (κ3) is 4.43. The van der Waals surface area contributed by atoms with Crippen molar-refractivity contribution in [3.05, 3.63) is 41.5 Å². The fourth-order valence-electron chi connectivity index (χ4n) is 2.77. The van der Waals surface area contributed by atoms with Crippen LogP contribution in [0, 0.1) is 0 Å². The van der Waals surface area contributed by atoms with Crippen LogP contribution in [-0.2, 0) is 0 Å². The highest BCUT2D eigenvalue weighted by atomic mass is 16.5. The van der Waals surface area contributed by atoms with Crippen LogP contribution in [0.1, 0.15) is 31.1 Å². The molecule has 0 saturated carbocycles. The molecule has 0 amide bonds. The molecule has 2 aromatic rings. The average molecular weight is 390 g/mol. The van der Waals surface area contributed by atoms with Gasteiger partial charge in [-0.2, -0.15) is 0 Å². The van der Waals surface area contributed by atoms with Gasteiger partial charge in [0.1, 0.15) is 12.2 Å². The number of methoxy groups -OCH3 is 3. The Kier molecular flexibility index (Phi) is 7.00. The third-order valence-electron chi connectivity index (χ3n) is 4.23. The molecule has 0 spiro atoms. The minimum atomic E-state index is -1.09. The van der Waals surface area contributed by atoms with Gasteiger partial charge in [-0.05, 0) is 49.2 Å². The van der Waals surface area contributed by atoms with E-state index in [4.69, 9.17) is 18.9 Å². The molecule has 7 nitrogen and oxygen atoms in total. The monoisotopic (exact) mass is 390 g/mol. The number of ether oxygens (including phenoxy) is 4. The summed E-state index contributed by atoms with van der Waals surface area (Å²) in [5, 5.41) is 31.1. The average Bonchev–Trinajstić information content (AvgIpc) is 2.69. The number of aromatic hydroxyl groups is 2. The molecule has 0 radical (unpaired) electrons. The van der Waals surface area contributed by atoms with Gasteiger partial charge in [0.25, 0.3) is 0 Å². The number of benzene rings is 2. The van der Waals surface area contributed by atoms with Gasteiger partial charge in [0.15, 0.2) is 23.0 Å². The number of hydrogen-bond donors (Lipinski definition) is 3. The van der Waals surface area contributed by atoms with Crippen LogP contribution in [0.25, 0.3) is 6.08 Å². The van der Waals surface area contributed by atoms with Crippen LogP contribution in [0.5, 0.6) is 34.5 Å². The lowest BCUT2D eigenvalue weighted by atomic mass is 10.0. The predicted molar refractivity (Wildman–Crippen MR) is 106 cm³/mol. The molecule has 2 atom stereocenters. The van der Waals surface area contributed by atoms with Gasteiger partial charge < -0.3 is 34.3 Å². The van der Waals surface area contributed by atoms with Crippen molar-refractivity contribution in [1.29, 1.82) is 0 Å². The van der Waals surface area contributed by atoms with E-state index in [0.717, 1.165) is 5.56 Å². The summed E-state index contributed by atoms with van der Waals surface area (Å²) in [6, 6.07) is 6.26. The van der Waals surface area contributed by atoms with E-state index >= 15 is 0 Å². The molecule has 0 heterocycles. The maximum Gasteiger partial charge on any atom is 0.203 e. The molecule has 0 aliphatic carbocycles. The Bertz CT molecular complexity index is 820. The summed E-state index contributed by atoms with van der Waals surface area (Å²) < 4.78 is 21.4. The van der Waals surface area contributed by atoms with E-state index in [1.165, 1.54) is 33.5 Å². The van der Waals surface area contributed by atoms with E-state index in [9.17, 15) is 15.3 Å². The van der Waals surface area contributed by atoms with E-state index in [2.05, 4.69) is 0 Å². The van der Waals surface area contributed by atoms with Crippen LogP contribution in [-0.4, -0.2) is 42.8 Å². The molecule has 0 aromatic heterocycles. The SMILES string of the molecule is CC=Cc1cc(O)c(OC(C)C(O)c2cc(OC)c(O)c(OC)c2)c(OC)c1. The topological polar surface area (TPSA) is 97.6 Å². The second kappa shape index (κ2) is 9.23. The normalized spacial score (nSPS) is 13.2. The Morgan fingerprint density at radius 2 is 1.46 bits per heavy atom. The summed E-state index contributed by atoms with van der Waals surface area (Å²) >= 11 is 0. The minimum Gasteiger partial charge on any atom is -0.504 e. The number of phenols is 2. The summed E-state index contributed by atoms with van der Waals surface area (Å²) in [4.78, 5) is 0. The molecule has 2 unspecified atom stereocenters. The molecule has 7 heteroatoms. The van der Waals surface area contributed by atoms with Gasteiger partial charge in [-0.15, -0.1) is 0 Å². The zero-order valence-corrected chi connectivity index (χ0v) is 16.6. The van der Waals surface area contributed by atoms with Crippen LogP contribution in [0.4, 0.5) is 0 Å². The molecule has 28 heavy (non-hydrogen) atoms. The quantitative estimate of drug-likeness (QED) is 0.633. The molecule has 3 N–H and O–H groups in total. The van der Waals surface area contributed by atoms with Gasteiger partial charge >= 0.3 is 0 Å². The smallest absolute Gasteiger partial charge is 0.203 e.